The second kappa shape index (κ2) is 7.17. The molecule has 0 spiro atoms. The van der Waals surface area contributed by atoms with Crippen molar-refractivity contribution in [3.8, 4) is 0 Å². The van der Waals surface area contributed by atoms with Crippen molar-refractivity contribution in [2.24, 2.45) is 11.8 Å². The van der Waals surface area contributed by atoms with E-state index in [-0.39, 0.29) is 11.7 Å². The van der Waals surface area contributed by atoms with E-state index in [2.05, 4.69) is 0 Å². The number of hydrogen-bond acceptors (Lipinski definition) is 1. The first-order valence-electron chi connectivity index (χ1n) is 8.09. The number of carbonyl (C=O) groups excluding carboxylic acids is 1. The van der Waals surface area contributed by atoms with E-state index in [0.717, 1.165) is 30.9 Å². The standard InChI is InChI=1S/C19H24F2O/c1-14(2)18(22)16-10-8-15(9-11-16)13-17-7-5-3-4-6-12-19(17,20)21/h6,8-12,14,17H,3-5,7,13H2,1-2H3/b12-6-. The van der Waals surface area contributed by atoms with Gasteiger partial charge in [-0.05, 0) is 37.3 Å². The van der Waals surface area contributed by atoms with Crippen molar-refractivity contribution in [3.05, 3.63) is 47.5 Å². The molecule has 0 aliphatic heterocycles. The number of rotatable bonds is 4. The highest BCUT2D eigenvalue weighted by Gasteiger charge is 2.36. The number of Topliss-reactive ketones (excluding diaryl/α,β-unsaturated/α-hetero) is 1. The molecule has 2 rings (SSSR count). The first-order valence-corrected chi connectivity index (χ1v) is 8.09. The van der Waals surface area contributed by atoms with Gasteiger partial charge in [0.15, 0.2) is 5.78 Å². The topological polar surface area (TPSA) is 17.1 Å². The van der Waals surface area contributed by atoms with Gasteiger partial charge in [0.2, 0.25) is 0 Å². The van der Waals surface area contributed by atoms with Crippen molar-refractivity contribution in [2.75, 3.05) is 0 Å². The average Bonchev–Trinajstić information content (AvgIpc) is 2.47. The summed E-state index contributed by atoms with van der Waals surface area (Å²) in [7, 11) is 0. The molecule has 3 heteroatoms. The Hall–Kier alpha value is -1.51. The molecule has 0 aromatic heterocycles. The van der Waals surface area contributed by atoms with E-state index in [4.69, 9.17) is 0 Å². The number of ketones is 1. The fraction of sp³-hybridized carbons (Fsp3) is 0.526. The lowest BCUT2D eigenvalue weighted by Crippen LogP contribution is -2.28. The van der Waals surface area contributed by atoms with Crippen molar-refractivity contribution in [1.82, 2.24) is 0 Å². The summed E-state index contributed by atoms with van der Waals surface area (Å²) in [4.78, 5) is 11.9. The van der Waals surface area contributed by atoms with Crippen molar-refractivity contribution >= 4 is 5.78 Å². The molecular formula is C19H24F2O. The fourth-order valence-electron chi connectivity index (χ4n) is 2.88. The second-order valence-corrected chi connectivity index (χ2v) is 6.48. The molecule has 1 aliphatic carbocycles. The van der Waals surface area contributed by atoms with Gasteiger partial charge in [-0.15, -0.1) is 0 Å². The van der Waals surface area contributed by atoms with Gasteiger partial charge < -0.3 is 0 Å². The minimum Gasteiger partial charge on any atom is -0.294 e. The van der Waals surface area contributed by atoms with Gasteiger partial charge in [0.1, 0.15) is 0 Å². The lowest BCUT2D eigenvalue weighted by atomic mass is 9.86. The average molecular weight is 306 g/mol. The molecule has 1 aromatic rings. The summed E-state index contributed by atoms with van der Waals surface area (Å²) in [6, 6.07) is 7.14. The number of hydrogen-bond donors (Lipinski definition) is 0. The highest BCUT2D eigenvalue weighted by atomic mass is 19.3. The number of carbonyl (C=O) groups is 1. The van der Waals surface area contributed by atoms with E-state index in [1.807, 2.05) is 26.0 Å². The summed E-state index contributed by atoms with van der Waals surface area (Å²) < 4.78 is 28.3. The summed E-state index contributed by atoms with van der Waals surface area (Å²) in [6.45, 7) is 3.72. The van der Waals surface area contributed by atoms with Crippen molar-refractivity contribution in [3.63, 3.8) is 0 Å². The summed E-state index contributed by atoms with van der Waals surface area (Å²) in [5.41, 5.74) is 1.53. The Morgan fingerprint density at radius 3 is 2.55 bits per heavy atom. The molecule has 0 N–H and O–H groups in total. The van der Waals surface area contributed by atoms with Crippen LogP contribution in [0, 0.1) is 11.8 Å². The van der Waals surface area contributed by atoms with Gasteiger partial charge in [0.25, 0.3) is 5.92 Å². The SMILES string of the molecule is CC(C)C(=O)c1ccc(CC2CCCC/C=C\C2(F)F)cc1. The smallest absolute Gasteiger partial charge is 0.269 e. The van der Waals surface area contributed by atoms with E-state index in [1.54, 1.807) is 18.2 Å². The molecular weight excluding hydrogens is 282 g/mol. The minimum atomic E-state index is -2.74. The van der Waals surface area contributed by atoms with Crippen molar-refractivity contribution in [1.29, 1.82) is 0 Å². The Morgan fingerprint density at radius 2 is 1.91 bits per heavy atom. The van der Waals surface area contributed by atoms with Gasteiger partial charge in [0, 0.05) is 17.4 Å². The third-order valence-corrected chi connectivity index (χ3v) is 4.30. The van der Waals surface area contributed by atoms with Crippen LogP contribution in [-0.2, 0) is 6.42 Å². The van der Waals surface area contributed by atoms with Gasteiger partial charge in [-0.3, -0.25) is 4.79 Å². The molecule has 1 aliphatic rings. The maximum Gasteiger partial charge on any atom is 0.269 e. The lowest BCUT2D eigenvalue weighted by molar-refractivity contribution is -0.0151. The predicted molar refractivity (Wildman–Crippen MR) is 85.4 cm³/mol. The quantitative estimate of drug-likeness (QED) is 0.534. The Labute approximate surface area is 131 Å². The fourth-order valence-corrected chi connectivity index (χ4v) is 2.88. The Bertz CT molecular complexity index is 529. The van der Waals surface area contributed by atoms with Crippen LogP contribution in [0.25, 0.3) is 0 Å². The normalized spacial score (nSPS) is 22.9. The maximum absolute atomic E-state index is 14.2. The van der Waals surface area contributed by atoms with E-state index in [0.29, 0.717) is 18.4 Å². The van der Waals surface area contributed by atoms with E-state index >= 15 is 0 Å². The largest absolute Gasteiger partial charge is 0.294 e. The molecule has 0 saturated heterocycles. The summed E-state index contributed by atoms with van der Waals surface area (Å²) in [5.74, 6) is -3.36. The van der Waals surface area contributed by atoms with Gasteiger partial charge in [0.05, 0.1) is 0 Å². The molecule has 0 fully saturated rings. The zero-order chi connectivity index (χ0) is 16.2. The molecule has 1 nitrogen and oxygen atoms in total. The monoisotopic (exact) mass is 306 g/mol. The first-order chi connectivity index (χ1) is 10.4. The van der Waals surface area contributed by atoms with Crippen molar-refractivity contribution < 1.29 is 13.6 Å². The molecule has 120 valence electrons. The molecule has 0 amide bonds. The molecule has 22 heavy (non-hydrogen) atoms. The van der Waals surface area contributed by atoms with Crippen LogP contribution in [0.15, 0.2) is 36.4 Å². The molecule has 0 radical (unpaired) electrons. The maximum atomic E-state index is 14.2. The number of benzene rings is 1. The summed E-state index contributed by atoms with van der Waals surface area (Å²) in [5, 5.41) is 0. The van der Waals surface area contributed by atoms with Gasteiger partial charge in [-0.25, -0.2) is 8.78 Å². The van der Waals surface area contributed by atoms with E-state index in [1.165, 1.54) is 0 Å². The Kier molecular flexibility index (Phi) is 5.49. The minimum absolute atomic E-state index is 0.0501. The third-order valence-electron chi connectivity index (χ3n) is 4.30. The van der Waals surface area contributed by atoms with E-state index < -0.39 is 11.8 Å². The van der Waals surface area contributed by atoms with Crippen LogP contribution in [0.4, 0.5) is 8.78 Å². The highest BCUT2D eigenvalue weighted by molar-refractivity contribution is 5.97. The Morgan fingerprint density at radius 1 is 1.23 bits per heavy atom. The summed E-state index contributed by atoms with van der Waals surface area (Å²) in [6.07, 6.45) is 6.15. The molecule has 0 heterocycles. The van der Waals surface area contributed by atoms with Gasteiger partial charge >= 0.3 is 0 Å². The number of allylic oxidation sites excluding steroid dienone is 2. The highest BCUT2D eigenvalue weighted by Crippen LogP contribution is 2.35. The van der Waals surface area contributed by atoms with Crippen molar-refractivity contribution in [2.45, 2.75) is 51.9 Å². The lowest BCUT2D eigenvalue weighted by Gasteiger charge is -2.26. The predicted octanol–water partition coefficient (Wildman–Crippen LogP) is 5.45. The van der Waals surface area contributed by atoms with Crippen LogP contribution >= 0.6 is 0 Å². The molecule has 0 bridgehead atoms. The number of halogens is 2. The summed E-state index contributed by atoms with van der Waals surface area (Å²) >= 11 is 0. The van der Waals surface area contributed by atoms with E-state index in [9.17, 15) is 13.6 Å². The molecule has 1 unspecified atom stereocenters. The number of alkyl halides is 2. The molecule has 1 atom stereocenters. The molecule has 0 saturated carbocycles. The van der Waals surface area contributed by atoms with Gasteiger partial charge in [-0.1, -0.05) is 50.6 Å². The van der Waals surface area contributed by atoms with Crippen LogP contribution in [0.2, 0.25) is 0 Å². The zero-order valence-corrected chi connectivity index (χ0v) is 13.3. The third kappa shape index (κ3) is 4.25. The van der Waals surface area contributed by atoms with Gasteiger partial charge in [-0.2, -0.15) is 0 Å². The molecule has 1 aromatic carbocycles. The first kappa shape index (κ1) is 16.9. The van der Waals surface area contributed by atoms with Crippen LogP contribution < -0.4 is 0 Å². The van der Waals surface area contributed by atoms with Crippen LogP contribution in [-0.4, -0.2) is 11.7 Å². The van der Waals surface area contributed by atoms with Crippen LogP contribution in [0.1, 0.15) is 55.5 Å². The van der Waals surface area contributed by atoms with Crippen LogP contribution in [0.5, 0.6) is 0 Å². The second-order valence-electron chi connectivity index (χ2n) is 6.48. The zero-order valence-electron chi connectivity index (χ0n) is 13.3. The Balaban J connectivity index is 2.10. The van der Waals surface area contributed by atoms with Crippen LogP contribution in [0.3, 0.4) is 0 Å².